The number of unbranched alkanes of at least 4 members (excludes halogenated alkanes) is 1. The number of halogens is 3. The van der Waals surface area contributed by atoms with E-state index in [1.54, 1.807) is 18.2 Å². The molecule has 174 valence electrons. The van der Waals surface area contributed by atoms with Gasteiger partial charge in [0.05, 0.1) is 5.52 Å². The first-order valence-corrected chi connectivity index (χ1v) is 11.3. The molecule has 6 nitrogen and oxygen atoms in total. The molecule has 9 heteroatoms. The average molecular weight is 518 g/mol. The predicted molar refractivity (Wildman–Crippen MR) is 132 cm³/mol. The van der Waals surface area contributed by atoms with E-state index in [9.17, 15) is 13.6 Å². The van der Waals surface area contributed by atoms with Crippen molar-refractivity contribution in [2.45, 2.75) is 25.2 Å². The van der Waals surface area contributed by atoms with Crippen molar-refractivity contribution in [3.63, 3.8) is 0 Å². The van der Waals surface area contributed by atoms with Gasteiger partial charge in [0, 0.05) is 33.7 Å². The zero-order chi connectivity index (χ0) is 23.8. The standard InChI is InChI=1S/C24H26BrF2N5O/c1-32(2)13-4-3-11-24(26,27)12-10-22(33)30-19-8-9-21-20(15-19)23(29-16-28-21)31-18-7-5-6-17(25)14-18/h5-10,12,14-16H,3-4,11,13H2,1-2H3,(H,30,33)(H,28,29,31). The molecule has 1 aromatic heterocycles. The van der Waals surface area contributed by atoms with Crippen LogP contribution in [0.1, 0.15) is 19.3 Å². The van der Waals surface area contributed by atoms with E-state index in [4.69, 9.17) is 0 Å². The van der Waals surface area contributed by atoms with Crippen LogP contribution in [0.15, 0.2) is 65.4 Å². The molecule has 0 radical (unpaired) electrons. The van der Waals surface area contributed by atoms with Crippen LogP contribution in [0.3, 0.4) is 0 Å². The van der Waals surface area contributed by atoms with Gasteiger partial charge in [0.2, 0.25) is 5.91 Å². The Hall–Kier alpha value is -2.91. The van der Waals surface area contributed by atoms with Crippen molar-refractivity contribution in [3.8, 4) is 0 Å². The van der Waals surface area contributed by atoms with Crippen LogP contribution in [-0.4, -0.2) is 47.3 Å². The highest BCUT2D eigenvalue weighted by atomic mass is 79.9. The molecule has 2 aromatic carbocycles. The Morgan fingerprint density at radius 1 is 1.12 bits per heavy atom. The number of aromatic nitrogens is 2. The summed E-state index contributed by atoms with van der Waals surface area (Å²) < 4.78 is 29.0. The van der Waals surface area contributed by atoms with Crippen molar-refractivity contribution in [2.24, 2.45) is 0 Å². The van der Waals surface area contributed by atoms with Gasteiger partial charge in [-0.2, -0.15) is 0 Å². The average Bonchev–Trinajstić information content (AvgIpc) is 2.76. The van der Waals surface area contributed by atoms with Crippen LogP contribution in [0.5, 0.6) is 0 Å². The minimum atomic E-state index is -3.03. The minimum Gasteiger partial charge on any atom is -0.340 e. The highest BCUT2D eigenvalue weighted by Gasteiger charge is 2.24. The van der Waals surface area contributed by atoms with E-state index >= 15 is 0 Å². The largest absolute Gasteiger partial charge is 0.340 e. The summed E-state index contributed by atoms with van der Waals surface area (Å²) in [5, 5.41) is 6.55. The molecule has 0 aliphatic carbocycles. The lowest BCUT2D eigenvalue weighted by molar-refractivity contribution is -0.112. The molecule has 0 fully saturated rings. The lowest BCUT2D eigenvalue weighted by Gasteiger charge is -2.13. The number of nitrogens with zero attached hydrogens (tertiary/aromatic N) is 3. The molecule has 0 spiro atoms. The Morgan fingerprint density at radius 3 is 2.70 bits per heavy atom. The maximum absolute atomic E-state index is 14.0. The number of benzene rings is 2. The third kappa shape index (κ3) is 7.87. The van der Waals surface area contributed by atoms with E-state index in [-0.39, 0.29) is 6.42 Å². The molecule has 0 aliphatic rings. The normalized spacial score (nSPS) is 11.9. The molecule has 0 aliphatic heterocycles. The van der Waals surface area contributed by atoms with Crippen molar-refractivity contribution in [1.29, 1.82) is 0 Å². The van der Waals surface area contributed by atoms with Gasteiger partial charge < -0.3 is 15.5 Å². The quantitative estimate of drug-likeness (QED) is 0.255. The fourth-order valence-electron chi connectivity index (χ4n) is 3.19. The number of alkyl halides is 2. The van der Waals surface area contributed by atoms with Gasteiger partial charge in [-0.05, 0) is 76.0 Å². The van der Waals surface area contributed by atoms with Crippen LogP contribution < -0.4 is 10.6 Å². The van der Waals surface area contributed by atoms with E-state index in [1.165, 1.54) is 6.33 Å². The molecule has 3 rings (SSSR count). The van der Waals surface area contributed by atoms with Crippen LogP contribution in [0.2, 0.25) is 0 Å². The Bertz CT molecular complexity index is 1140. The van der Waals surface area contributed by atoms with Crippen LogP contribution in [0.4, 0.5) is 26.0 Å². The summed E-state index contributed by atoms with van der Waals surface area (Å²) in [6, 6.07) is 12.7. The Kier molecular flexibility index (Phi) is 8.46. The summed E-state index contributed by atoms with van der Waals surface area (Å²) in [5.41, 5.74) is 1.97. The fraction of sp³-hybridized carbons (Fsp3) is 0.292. The van der Waals surface area contributed by atoms with E-state index in [1.807, 2.05) is 43.3 Å². The fourth-order valence-corrected chi connectivity index (χ4v) is 3.59. The second-order valence-electron chi connectivity index (χ2n) is 7.93. The molecular formula is C24H26BrF2N5O. The highest BCUT2D eigenvalue weighted by Crippen LogP contribution is 2.27. The van der Waals surface area contributed by atoms with Gasteiger partial charge >= 0.3 is 0 Å². The smallest absolute Gasteiger partial charge is 0.266 e. The zero-order valence-corrected chi connectivity index (χ0v) is 20.1. The van der Waals surface area contributed by atoms with E-state index < -0.39 is 11.8 Å². The lowest BCUT2D eigenvalue weighted by atomic mass is 10.1. The first-order valence-electron chi connectivity index (χ1n) is 10.5. The van der Waals surface area contributed by atoms with Crippen molar-refractivity contribution in [2.75, 3.05) is 31.3 Å². The number of anilines is 3. The van der Waals surface area contributed by atoms with E-state index in [0.29, 0.717) is 41.3 Å². The summed E-state index contributed by atoms with van der Waals surface area (Å²) in [6.45, 7) is 0.754. The first kappa shape index (κ1) is 24.7. The van der Waals surface area contributed by atoms with Crippen LogP contribution >= 0.6 is 15.9 Å². The van der Waals surface area contributed by atoms with E-state index in [0.717, 1.165) is 22.8 Å². The van der Waals surface area contributed by atoms with Crippen LogP contribution in [0, 0.1) is 0 Å². The third-order valence-electron chi connectivity index (χ3n) is 4.83. The number of carbonyl (C=O) groups excluding carboxylic acids is 1. The van der Waals surface area contributed by atoms with Crippen molar-refractivity contribution in [1.82, 2.24) is 14.9 Å². The molecule has 2 N–H and O–H groups in total. The number of rotatable bonds is 10. The molecule has 3 aromatic rings. The van der Waals surface area contributed by atoms with E-state index in [2.05, 4.69) is 36.5 Å². The van der Waals surface area contributed by atoms with Gasteiger partial charge in [0.1, 0.15) is 12.1 Å². The molecule has 0 saturated carbocycles. The summed E-state index contributed by atoms with van der Waals surface area (Å²) >= 11 is 3.43. The number of allylic oxidation sites excluding steroid dienone is 1. The number of amides is 1. The summed E-state index contributed by atoms with van der Waals surface area (Å²) in [6.07, 6.45) is 3.78. The molecular weight excluding hydrogens is 492 g/mol. The number of fused-ring (bicyclic) bond motifs is 1. The maximum Gasteiger partial charge on any atom is 0.266 e. The maximum atomic E-state index is 14.0. The molecule has 0 unspecified atom stereocenters. The second-order valence-corrected chi connectivity index (χ2v) is 8.85. The topological polar surface area (TPSA) is 70.2 Å². The predicted octanol–water partition coefficient (Wildman–Crippen LogP) is 6.00. The second kappa shape index (κ2) is 11.3. The molecule has 1 amide bonds. The SMILES string of the molecule is CN(C)CCCCC(F)(F)C=CC(=O)Nc1ccc2ncnc(Nc3cccc(Br)c3)c2c1. The monoisotopic (exact) mass is 517 g/mol. The molecule has 33 heavy (non-hydrogen) atoms. The van der Waals surface area contributed by atoms with Gasteiger partial charge in [-0.15, -0.1) is 0 Å². The number of hydrogen-bond acceptors (Lipinski definition) is 5. The highest BCUT2D eigenvalue weighted by molar-refractivity contribution is 9.10. The number of carbonyl (C=O) groups is 1. The van der Waals surface area contributed by atoms with Gasteiger partial charge in [-0.25, -0.2) is 18.7 Å². The van der Waals surface area contributed by atoms with Crippen molar-refractivity contribution in [3.05, 3.63) is 65.4 Å². The summed E-state index contributed by atoms with van der Waals surface area (Å²) in [7, 11) is 3.81. The summed E-state index contributed by atoms with van der Waals surface area (Å²) in [4.78, 5) is 22.7. The van der Waals surface area contributed by atoms with Crippen molar-refractivity contribution < 1.29 is 13.6 Å². The molecule has 1 heterocycles. The number of nitrogens with one attached hydrogen (secondary N) is 2. The van der Waals surface area contributed by atoms with Gasteiger partial charge in [-0.3, -0.25) is 4.79 Å². The molecule has 0 atom stereocenters. The zero-order valence-electron chi connectivity index (χ0n) is 18.5. The Balaban J connectivity index is 1.67. The Morgan fingerprint density at radius 2 is 1.94 bits per heavy atom. The third-order valence-corrected chi connectivity index (χ3v) is 5.33. The molecule has 0 bridgehead atoms. The van der Waals surface area contributed by atoms with Crippen LogP contribution in [-0.2, 0) is 4.79 Å². The lowest BCUT2D eigenvalue weighted by Crippen LogP contribution is -2.17. The first-order chi connectivity index (χ1) is 15.7. The van der Waals surface area contributed by atoms with Crippen LogP contribution in [0.25, 0.3) is 10.9 Å². The number of hydrogen-bond donors (Lipinski definition) is 2. The minimum absolute atomic E-state index is 0.289. The molecule has 0 saturated heterocycles. The summed E-state index contributed by atoms with van der Waals surface area (Å²) in [5.74, 6) is -3.09. The Labute approximate surface area is 200 Å². The van der Waals surface area contributed by atoms with Crippen molar-refractivity contribution >= 4 is 49.9 Å². The van der Waals surface area contributed by atoms with Gasteiger partial charge in [0.15, 0.2) is 0 Å². The van der Waals surface area contributed by atoms with Gasteiger partial charge in [-0.1, -0.05) is 22.0 Å². The van der Waals surface area contributed by atoms with Gasteiger partial charge in [0.25, 0.3) is 5.92 Å².